The van der Waals surface area contributed by atoms with Crippen molar-refractivity contribution >= 4 is 0 Å². The molecular formula is C18H19N3O. The summed E-state index contributed by atoms with van der Waals surface area (Å²) in [5, 5.41) is 4.09. The highest BCUT2D eigenvalue weighted by molar-refractivity contribution is 5.34. The summed E-state index contributed by atoms with van der Waals surface area (Å²) in [5.74, 6) is 1.20. The Morgan fingerprint density at radius 1 is 1.23 bits per heavy atom. The lowest BCUT2D eigenvalue weighted by molar-refractivity contribution is 0.374. The number of nitrogens with zero attached hydrogens (tertiary/aromatic N) is 3. The van der Waals surface area contributed by atoms with Gasteiger partial charge in [-0.25, -0.2) is 0 Å². The van der Waals surface area contributed by atoms with Crippen LogP contribution in [-0.2, 0) is 12.8 Å². The van der Waals surface area contributed by atoms with Crippen molar-refractivity contribution in [2.45, 2.75) is 25.3 Å². The maximum absolute atomic E-state index is 8.95. The van der Waals surface area contributed by atoms with Gasteiger partial charge in [0.05, 0.1) is 13.2 Å². The summed E-state index contributed by atoms with van der Waals surface area (Å²) in [6, 6.07) is 16.3. The molecule has 112 valence electrons. The van der Waals surface area contributed by atoms with E-state index in [9.17, 15) is 0 Å². The third-order valence-electron chi connectivity index (χ3n) is 4.41. The number of hydrogen-bond donors (Lipinski definition) is 0. The molecule has 0 N–H and O–H groups in total. The second-order valence-corrected chi connectivity index (χ2v) is 5.70. The van der Waals surface area contributed by atoms with Crippen LogP contribution in [0.3, 0.4) is 0 Å². The van der Waals surface area contributed by atoms with Gasteiger partial charge in [-0.1, -0.05) is 41.5 Å². The molecule has 0 radical (unpaired) electrons. The highest BCUT2D eigenvalue weighted by Gasteiger charge is 2.28. The Labute approximate surface area is 130 Å². The van der Waals surface area contributed by atoms with Crippen LogP contribution in [0.15, 0.2) is 53.6 Å². The van der Waals surface area contributed by atoms with Crippen LogP contribution in [0.2, 0.25) is 0 Å². The second-order valence-electron chi connectivity index (χ2n) is 5.70. The molecule has 0 bridgehead atoms. The smallest absolute Gasteiger partial charge is 0.119 e. The monoisotopic (exact) mass is 293 g/mol. The molecule has 0 aromatic heterocycles. The SMILES string of the molecule is COc1cccc(CC2CCc3ccccc3C2N=[N+]=[N-])c1. The highest BCUT2D eigenvalue weighted by Crippen LogP contribution is 2.39. The normalized spacial score (nSPS) is 19.9. The van der Waals surface area contributed by atoms with E-state index in [1.54, 1.807) is 7.11 Å². The molecule has 1 aliphatic rings. The van der Waals surface area contributed by atoms with Crippen LogP contribution in [0.1, 0.15) is 29.2 Å². The van der Waals surface area contributed by atoms with Crippen LogP contribution < -0.4 is 4.74 Å². The molecule has 0 amide bonds. The summed E-state index contributed by atoms with van der Waals surface area (Å²) in [6.45, 7) is 0. The van der Waals surface area contributed by atoms with Gasteiger partial charge >= 0.3 is 0 Å². The highest BCUT2D eigenvalue weighted by atomic mass is 16.5. The zero-order valence-electron chi connectivity index (χ0n) is 12.6. The number of azide groups is 1. The Bertz CT molecular complexity index is 707. The van der Waals surface area contributed by atoms with Gasteiger partial charge in [0, 0.05) is 4.91 Å². The van der Waals surface area contributed by atoms with E-state index in [0.29, 0.717) is 5.92 Å². The second kappa shape index (κ2) is 6.54. The van der Waals surface area contributed by atoms with Gasteiger partial charge < -0.3 is 4.74 Å². The number of hydrogen-bond acceptors (Lipinski definition) is 2. The first kappa shape index (κ1) is 14.5. The van der Waals surface area contributed by atoms with Gasteiger partial charge in [-0.05, 0) is 59.5 Å². The molecule has 2 aromatic rings. The molecule has 0 saturated heterocycles. The molecule has 2 aromatic carbocycles. The summed E-state index contributed by atoms with van der Waals surface area (Å²) in [7, 11) is 1.68. The molecule has 0 spiro atoms. The third kappa shape index (κ3) is 2.92. The average Bonchev–Trinajstić information content (AvgIpc) is 2.57. The van der Waals surface area contributed by atoms with Gasteiger partial charge in [-0.3, -0.25) is 0 Å². The van der Waals surface area contributed by atoms with Gasteiger partial charge in [-0.15, -0.1) is 0 Å². The van der Waals surface area contributed by atoms with Crippen molar-refractivity contribution in [1.82, 2.24) is 0 Å². The van der Waals surface area contributed by atoms with E-state index >= 15 is 0 Å². The maximum atomic E-state index is 8.95. The summed E-state index contributed by atoms with van der Waals surface area (Å²) in [5.41, 5.74) is 12.7. The number of methoxy groups -OCH3 is 1. The fourth-order valence-electron chi connectivity index (χ4n) is 3.33. The Balaban J connectivity index is 1.88. The topological polar surface area (TPSA) is 58.0 Å². The van der Waals surface area contributed by atoms with E-state index in [0.717, 1.165) is 25.0 Å². The molecule has 0 saturated carbocycles. The van der Waals surface area contributed by atoms with E-state index in [1.165, 1.54) is 16.7 Å². The number of ether oxygens (including phenoxy) is 1. The standard InChI is InChI=1S/C18H19N3O/c1-22-16-7-4-5-13(12-16)11-15-10-9-14-6-2-3-8-17(14)18(15)20-21-19/h2-8,12,15,18H,9-11H2,1H3. The first-order chi connectivity index (χ1) is 10.8. The van der Waals surface area contributed by atoms with Crippen molar-refractivity contribution in [1.29, 1.82) is 0 Å². The number of aryl methyl sites for hydroxylation is 1. The van der Waals surface area contributed by atoms with Gasteiger partial charge in [0.25, 0.3) is 0 Å². The van der Waals surface area contributed by atoms with E-state index in [4.69, 9.17) is 10.3 Å². The van der Waals surface area contributed by atoms with Crippen LogP contribution in [-0.4, -0.2) is 7.11 Å². The lowest BCUT2D eigenvalue weighted by Crippen LogP contribution is -2.21. The largest absolute Gasteiger partial charge is 0.497 e. The van der Waals surface area contributed by atoms with Crippen LogP contribution in [0.5, 0.6) is 5.75 Å². The molecule has 1 aliphatic carbocycles. The van der Waals surface area contributed by atoms with Crippen LogP contribution in [0.4, 0.5) is 0 Å². The van der Waals surface area contributed by atoms with Crippen molar-refractivity contribution in [2.24, 2.45) is 11.0 Å². The van der Waals surface area contributed by atoms with Crippen molar-refractivity contribution in [3.8, 4) is 5.75 Å². The Hall–Kier alpha value is -2.45. The van der Waals surface area contributed by atoms with Crippen molar-refractivity contribution < 1.29 is 4.74 Å². The van der Waals surface area contributed by atoms with E-state index in [2.05, 4.69) is 34.3 Å². The summed E-state index contributed by atoms with van der Waals surface area (Å²) >= 11 is 0. The summed E-state index contributed by atoms with van der Waals surface area (Å²) < 4.78 is 5.29. The third-order valence-corrected chi connectivity index (χ3v) is 4.41. The zero-order valence-corrected chi connectivity index (χ0v) is 12.6. The minimum Gasteiger partial charge on any atom is -0.497 e. The molecule has 0 aliphatic heterocycles. The fraction of sp³-hybridized carbons (Fsp3) is 0.333. The van der Waals surface area contributed by atoms with Gasteiger partial charge in [0.2, 0.25) is 0 Å². The number of rotatable bonds is 4. The zero-order chi connectivity index (χ0) is 15.4. The Morgan fingerprint density at radius 2 is 2.09 bits per heavy atom. The van der Waals surface area contributed by atoms with E-state index in [-0.39, 0.29) is 6.04 Å². The minimum atomic E-state index is -0.0823. The Kier molecular flexibility index (Phi) is 4.31. The van der Waals surface area contributed by atoms with Crippen LogP contribution >= 0.6 is 0 Å². The molecule has 4 nitrogen and oxygen atoms in total. The summed E-state index contributed by atoms with van der Waals surface area (Å²) in [6.07, 6.45) is 2.98. The number of fused-ring (bicyclic) bond motifs is 1. The molecule has 0 fully saturated rings. The predicted molar refractivity (Wildman–Crippen MR) is 86.8 cm³/mol. The van der Waals surface area contributed by atoms with Gasteiger partial charge in [-0.2, -0.15) is 0 Å². The van der Waals surface area contributed by atoms with E-state index in [1.807, 2.05) is 24.3 Å². The maximum Gasteiger partial charge on any atom is 0.119 e. The fourth-order valence-corrected chi connectivity index (χ4v) is 3.33. The lowest BCUT2D eigenvalue weighted by Gasteiger charge is -2.30. The molecule has 22 heavy (non-hydrogen) atoms. The molecular weight excluding hydrogens is 274 g/mol. The van der Waals surface area contributed by atoms with Crippen LogP contribution in [0.25, 0.3) is 10.4 Å². The molecule has 2 unspecified atom stereocenters. The predicted octanol–water partition coefficient (Wildman–Crippen LogP) is 4.85. The van der Waals surface area contributed by atoms with Crippen molar-refractivity contribution in [3.05, 3.63) is 75.7 Å². The van der Waals surface area contributed by atoms with Crippen molar-refractivity contribution in [3.63, 3.8) is 0 Å². The van der Waals surface area contributed by atoms with Crippen molar-refractivity contribution in [2.75, 3.05) is 7.11 Å². The summed E-state index contributed by atoms with van der Waals surface area (Å²) in [4.78, 5) is 3.08. The molecule has 2 atom stereocenters. The molecule has 3 rings (SSSR count). The van der Waals surface area contributed by atoms with E-state index < -0.39 is 0 Å². The number of benzene rings is 2. The van der Waals surface area contributed by atoms with Gasteiger partial charge in [0.15, 0.2) is 0 Å². The quantitative estimate of drug-likeness (QED) is 0.451. The first-order valence-corrected chi connectivity index (χ1v) is 7.56. The van der Waals surface area contributed by atoms with Gasteiger partial charge in [0.1, 0.15) is 5.75 Å². The average molecular weight is 293 g/mol. The lowest BCUT2D eigenvalue weighted by atomic mass is 9.77. The first-order valence-electron chi connectivity index (χ1n) is 7.56. The minimum absolute atomic E-state index is 0.0823. The van der Waals surface area contributed by atoms with Crippen LogP contribution in [0, 0.1) is 5.92 Å². The molecule has 4 heteroatoms. The Morgan fingerprint density at radius 3 is 2.91 bits per heavy atom. The molecule has 0 heterocycles.